The van der Waals surface area contributed by atoms with Gasteiger partial charge in [0.25, 0.3) is 0 Å². The second-order valence-corrected chi connectivity index (χ2v) is 6.46. The molecule has 19 heavy (non-hydrogen) atoms. The smallest absolute Gasteiger partial charge is 0.222 e. The predicted octanol–water partition coefficient (Wildman–Crippen LogP) is 0.173. The van der Waals surface area contributed by atoms with Gasteiger partial charge in [-0.2, -0.15) is 0 Å². The van der Waals surface area contributed by atoms with E-state index in [1.165, 1.54) is 6.33 Å². The summed E-state index contributed by atoms with van der Waals surface area (Å²) in [5.74, 6) is 1.48. The van der Waals surface area contributed by atoms with Crippen molar-refractivity contribution >= 4 is 22.5 Å². The van der Waals surface area contributed by atoms with E-state index in [9.17, 15) is 9.00 Å². The van der Waals surface area contributed by atoms with Gasteiger partial charge in [-0.3, -0.25) is 9.00 Å². The summed E-state index contributed by atoms with van der Waals surface area (Å²) in [6, 6.07) is 0.166. The van der Waals surface area contributed by atoms with E-state index in [1.54, 1.807) is 11.9 Å². The van der Waals surface area contributed by atoms with Gasteiger partial charge >= 0.3 is 0 Å². The van der Waals surface area contributed by atoms with Crippen molar-refractivity contribution in [2.75, 3.05) is 24.7 Å². The normalized spacial score (nSPS) is 26.4. The van der Waals surface area contributed by atoms with E-state index < -0.39 is 10.8 Å². The van der Waals surface area contributed by atoms with Crippen molar-refractivity contribution in [2.45, 2.75) is 30.2 Å². The SMILES string of the molecule is CN1C[C@@H](Nc2ncnc3c2S(=O)CC3)CCC1=O. The van der Waals surface area contributed by atoms with Crippen molar-refractivity contribution in [3.05, 3.63) is 12.0 Å². The van der Waals surface area contributed by atoms with Gasteiger partial charge in [0.15, 0.2) is 0 Å². The molecule has 0 spiro atoms. The van der Waals surface area contributed by atoms with Crippen LogP contribution in [0.2, 0.25) is 0 Å². The van der Waals surface area contributed by atoms with Crippen molar-refractivity contribution in [3.63, 3.8) is 0 Å². The molecule has 1 aromatic rings. The molecular formula is C12H16N4O2S. The van der Waals surface area contributed by atoms with Gasteiger partial charge in [-0.15, -0.1) is 0 Å². The molecule has 2 aliphatic rings. The summed E-state index contributed by atoms with van der Waals surface area (Å²) >= 11 is 0. The molecular weight excluding hydrogens is 264 g/mol. The fourth-order valence-electron chi connectivity index (χ4n) is 2.55. The van der Waals surface area contributed by atoms with Gasteiger partial charge in [-0.25, -0.2) is 9.97 Å². The fraction of sp³-hybridized carbons (Fsp3) is 0.583. The van der Waals surface area contributed by atoms with Crippen LogP contribution >= 0.6 is 0 Å². The average molecular weight is 280 g/mol. The molecule has 0 aromatic carbocycles. The van der Waals surface area contributed by atoms with Crippen LogP contribution in [0.4, 0.5) is 5.82 Å². The van der Waals surface area contributed by atoms with E-state index in [4.69, 9.17) is 0 Å². The number of aromatic nitrogens is 2. The molecule has 1 saturated heterocycles. The second-order valence-electron chi connectivity index (χ2n) is 4.95. The van der Waals surface area contributed by atoms with E-state index in [-0.39, 0.29) is 11.9 Å². The number of hydrogen-bond donors (Lipinski definition) is 1. The molecule has 6 nitrogen and oxygen atoms in total. The zero-order chi connectivity index (χ0) is 13.4. The molecule has 7 heteroatoms. The van der Waals surface area contributed by atoms with Crippen LogP contribution in [0, 0.1) is 0 Å². The summed E-state index contributed by atoms with van der Waals surface area (Å²) in [5.41, 5.74) is 0.885. The van der Waals surface area contributed by atoms with Gasteiger partial charge in [-0.05, 0) is 6.42 Å². The highest BCUT2D eigenvalue weighted by Crippen LogP contribution is 2.27. The van der Waals surface area contributed by atoms with E-state index in [0.29, 0.717) is 24.5 Å². The molecule has 2 aliphatic heterocycles. The molecule has 0 saturated carbocycles. The quantitative estimate of drug-likeness (QED) is 0.836. The zero-order valence-corrected chi connectivity index (χ0v) is 11.6. The molecule has 2 atom stereocenters. The van der Waals surface area contributed by atoms with Gasteiger partial charge < -0.3 is 10.2 Å². The first-order valence-corrected chi connectivity index (χ1v) is 7.70. The lowest BCUT2D eigenvalue weighted by atomic mass is 10.1. The van der Waals surface area contributed by atoms with E-state index in [0.717, 1.165) is 23.4 Å². The predicted molar refractivity (Wildman–Crippen MR) is 71.3 cm³/mol. The van der Waals surface area contributed by atoms with Crippen LogP contribution < -0.4 is 5.32 Å². The lowest BCUT2D eigenvalue weighted by Crippen LogP contribution is -2.43. The maximum Gasteiger partial charge on any atom is 0.222 e. The number of carbonyl (C=O) groups is 1. The maximum atomic E-state index is 12.0. The van der Waals surface area contributed by atoms with Crippen LogP contribution in [0.15, 0.2) is 11.2 Å². The molecule has 102 valence electrons. The van der Waals surface area contributed by atoms with Crippen LogP contribution in [-0.2, 0) is 22.0 Å². The Balaban J connectivity index is 1.79. The molecule has 0 radical (unpaired) electrons. The van der Waals surface area contributed by atoms with E-state index >= 15 is 0 Å². The molecule has 1 fully saturated rings. The lowest BCUT2D eigenvalue weighted by Gasteiger charge is -2.30. The van der Waals surface area contributed by atoms with Gasteiger partial charge in [-0.1, -0.05) is 0 Å². The van der Waals surface area contributed by atoms with Crippen molar-refractivity contribution in [3.8, 4) is 0 Å². The standard InChI is InChI=1S/C12H16N4O2S/c1-16-6-8(2-3-10(16)17)15-12-11-9(13-7-14-12)4-5-19(11)18/h7-8H,2-6H2,1H3,(H,13,14,15)/t8-,19?/m0/s1. The number of fused-ring (bicyclic) bond motifs is 1. The molecule has 0 bridgehead atoms. The Kier molecular flexibility index (Phi) is 3.22. The van der Waals surface area contributed by atoms with Crippen LogP contribution in [0.1, 0.15) is 18.5 Å². The van der Waals surface area contributed by atoms with E-state index in [1.807, 2.05) is 0 Å². The molecule has 1 N–H and O–H groups in total. The Bertz CT molecular complexity index is 549. The van der Waals surface area contributed by atoms with Crippen molar-refractivity contribution < 1.29 is 9.00 Å². The molecule has 1 amide bonds. The average Bonchev–Trinajstić information content (AvgIpc) is 2.77. The molecule has 3 heterocycles. The number of piperidine rings is 1. The summed E-state index contributed by atoms with van der Waals surface area (Å²) in [6.07, 6.45) is 3.60. The topological polar surface area (TPSA) is 75.2 Å². The van der Waals surface area contributed by atoms with Gasteiger partial charge in [0.05, 0.1) is 16.5 Å². The number of aryl methyl sites for hydroxylation is 1. The highest BCUT2D eigenvalue weighted by atomic mass is 32.2. The van der Waals surface area contributed by atoms with Crippen LogP contribution in [-0.4, -0.2) is 50.4 Å². The van der Waals surface area contributed by atoms with Crippen LogP contribution in [0.25, 0.3) is 0 Å². The third-order valence-corrected chi connectivity index (χ3v) is 5.06. The largest absolute Gasteiger partial charge is 0.364 e. The van der Waals surface area contributed by atoms with Crippen molar-refractivity contribution in [2.24, 2.45) is 0 Å². The summed E-state index contributed by atoms with van der Waals surface area (Å²) in [4.78, 5) is 22.3. The zero-order valence-electron chi connectivity index (χ0n) is 10.8. The van der Waals surface area contributed by atoms with Crippen LogP contribution in [0.3, 0.4) is 0 Å². The number of nitrogens with one attached hydrogen (secondary N) is 1. The monoisotopic (exact) mass is 280 g/mol. The third kappa shape index (κ3) is 2.34. The minimum absolute atomic E-state index is 0.166. The number of rotatable bonds is 2. The van der Waals surface area contributed by atoms with Crippen LogP contribution in [0.5, 0.6) is 0 Å². The molecule has 1 aromatic heterocycles. The highest BCUT2D eigenvalue weighted by molar-refractivity contribution is 7.85. The minimum Gasteiger partial charge on any atom is -0.364 e. The summed E-state index contributed by atoms with van der Waals surface area (Å²) in [6.45, 7) is 0.657. The number of hydrogen-bond acceptors (Lipinski definition) is 5. The minimum atomic E-state index is -0.997. The number of nitrogens with zero attached hydrogens (tertiary/aromatic N) is 3. The first-order valence-electron chi connectivity index (χ1n) is 6.38. The Hall–Kier alpha value is -1.50. The Morgan fingerprint density at radius 3 is 3.05 bits per heavy atom. The van der Waals surface area contributed by atoms with Gasteiger partial charge in [0.2, 0.25) is 5.91 Å². The summed E-state index contributed by atoms with van der Waals surface area (Å²) in [5, 5.41) is 3.32. The number of amides is 1. The van der Waals surface area contributed by atoms with E-state index in [2.05, 4.69) is 15.3 Å². The van der Waals surface area contributed by atoms with Crippen molar-refractivity contribution in [1.82, 2.24) is 14.9 Å². The number of carbonyl (C=O) groups excluding carboxylic acids is 1. The summed E-state index contributed by atoms with van der Waals surface area (Å²) in [7, 11) is 0.807. The van der Waals surface area contributed by atoms with Crippen molar-refractivity contribution in [1.29, 1.82) is 0 Å². The van der Waals surface area contributed by atoms with Gasteiger partial charge in [0, 0.05) is 38.2 Å². The summed E-state index contributed by atoms with van der Waals surface area (Å²) < 4.78 is 12.0. The maximum absolute atomic E-state index is 12.0. The highest BCUT2D eigenvalue weighted by Gasteiger charge is 2.28. The number of anilines is 1. The Labute approximate surface area is 114 Å². The van der Waals surface area contributed by atoms with Gasteiger partial charge in [0.1, 0.15) is 17.0 Å². The second kappa shape index (κ2) is 4.88. The first-order chi connectivity index (χ1) is 9.15. The first kappa shape index (κ1) is 12.5. The number of likely N-dealkylation sites (N-methyl/N-ethyl adjacent to an activating group) is 1. The lowest BCUT2D eigenvalue weighted by molar-refractivity contribution is -0.132. The molecule has 1 unspecified atom stereocenters. The number of likely N-dealkylation sites (tertiary alicyclic amines) is 1. The third-order valence-electron chi connectivity index (χ3n) is 3.60. The fourth-order valence-corrected chi connectivity index (χ4v) is 3.87. The Morgan fingerprint density at radius 1 is 1.42 bits per heavy atom. The molecule has 3 rings (SSSR count). The Morgan fingerprint density at radius 2 is 2.26 bits per heavy atom. The molecule has 0 aliphatic carbocycles.